The standard InChI is InChI=1S/C18H16ClF2NO5S/c1-8-9(7-13(23)24)15-10(3-4-11(26-2)16(15)19)22(8)17(25)12-5-6-14(28-12)27-18(20)21/h4-6,10,18H,3,7H2,1-2H3,(H,23,24). The van der Waals surface area contributed by atoms with Gasteiger partial charge in [-0.3, -0.25) is 9.59 Å². The molecule has 1 atom stereocenters. The highest BCUT2D eigenvalue weighted by Gasteiger charge is 2.42. The second-order valence-electron chi connectivity index (χ2n) is 6.06. The molecule has 0 radical (unpaired) electrons. The number of carboxylic acid groups (broad SMARTS) is 1. The van der Waals surface area contributed by atoms with E-state index in [-0.39, 0.29) is 21.4 Å². The highest BCUT2D eigenvalue weighted by molar-refractivity contribution is 7.15. The Balaban J connectivity index is 2.00. The summed E-state index contributed by atoms with van der Waals surface area (Å²) in [4.78, 5) is 26.1. The number of rotatable bonds is 6. The van der Waals surface area contributed by atoms with E-state index in [0.717, 1.165) is 11.3 Å². The molecule has 0 spiro atoms. The Morgan fingerprint density at radius 1 is 1.43 bits per heavy atom. The Bertz CT molecular complexity index is 921. The number of carbonyl (C=O) groups is 2. The zero-order chi connectivity index (χ0) is 20.6. The van der Waals surface area contributed by atoms with Crippen molar-refractivity contribution < 1.29 is 33.0 Å². The molecule has 2 heterocycles. The van der Waals surface area contributed by atoms with Crippen molar-refractivity contribution in [3.63, 3.8) is 0 Å². The molecule has 0 bridgehead atoms. The molecule has 1 aliphatic carbocycles. The minimum absolute atomic E-state index is 0.0797. The molecule has 1 aromatic heterocycles. The summed E-state index contributed by atoms with van der Waals surface area (Å²) in [7, 11) is 1.45. The molecule has 10 heteroatoms. The molecule has 1 aromatic rings. The number of methoxy groups -OCH3 is 1. The quantitative estimate of drug-likeness (QED) is 0.724. The van der Waals surface area contributed by atoms with Crippen LogP contribution in [0.3, 0.4) is 0 Å². The SMILES string of the molecule is COC1=CCC2C(=C1Cl)C(CC(=O)O)=C(C)N2C(=O)c1ccc(OC(F)F)s1. The van der Waals surface area contributed by atoms with Gasteiger partial charge in [0.25, 0.3) is 5.91 Å². The average Bonchev–Trinajstić information content (AvgIpc) is 3.18. The van der Waals surface area contributed by atoms with Crippen LogP contribution in [0.5, 0.6) is 5.06 Å². The predicted octanol–water partition coefficient (Wildman–Crippen LogP) is 4.35. The summed E-state index contributed by atoms with van der Waals surface area (Å²) < 4.78 is 34.3. The van der Waals surface area contributed by atoms with Gasteiger partial charge in [-0.25, -0.2) is 0 Å². The second-order valence-corrected chi connectivity index (χ2v) is 7.48. The fraction of sp³-hybridized carbons (Fsp3) is 0.333. The molecule has 0 saturated heterocycles. The maximum absolute atomic E-state index is 13.1. The van der Waals surface area contributed by atoms with Crippen LogP contribution in [0.4, 0.5) is 8.78 Å². The number of hydrogen-bond donors (Lipinski definition) is 1. The van der Waals surface area contributed by atoms with Gasteiger partial charge in [0.1, 0.15) is 5.76 Å². The number of aliphatic carboxylic acids is 1. The van der Waals surface area contributed by atoms with Crippen molar-refractivity contribution in [1.29, 1.82) is 0 Å². The van der Waals surface area contributed by atoms with Gasteiger partial charge in [0.2, 0.25) is 0 Å². The van der Waals surface area contributed by atoms with E-state index in [1.54, 1.807) is 13.0 Å². The topological polar surface area (TPSA) is 76.1 Å². The first-order valence-corrected chi connectivity index (χ1v) is 9.38. The van der Waals surface area contributed by atoms with Gasteiger partial charge in [0.05, 0.1) is 29.5 Å². The van der Waals surface area contributed by atoms with Gasteiger partial charge < -0.3 is 19.5 Å². The number of amides is 1. The van der Waals surface area contributed by atoms with Crippen LogP contribution < -0.4 is 4.74 Å². The molecule has 6 nitrogen and oxygen atoms in total. The monoisotopic (exact) mass is 431 g/mol. The lowest BCUT2D eigenvalue weighted by Crippen LogP contribution is -2.36. The van der Waals surface area contributed by atoms with Crippen molar-refractivity contribution in [2.24, 2.45) is 0 Å². The third-order valence-corrected chi connectivity index (χ3v) is 5.87. The van der Waals surface area contributed by atoms with Gasteiger partial charge in [-0.2, -0.15) is 8.78 Å². The molecule has 1 aliphatic heterocycles. The van der Waals surface area contributed by atoms with Gasteiger partial charge in [-0.15, -0.1) is 0 Å². The summed E-state index contributed by atoms with van der Waals surface area (Å²) in [5.74, 6) is -1.08. The first kappa shape index (κ1) is 20.3. The summed E-state index contributed by atoms with van der Waals surface area (Å²) in [6, 6.07) is 2.21. The zero-order valence-corrected chi connectivity index (χ0v) is 16.4. The molecule has 0 saturated carbocycles. The summed E-state index contributed by atoms with van der Waals surface area (Å²) in [6.07, 6.45) is 1.80. The minimum atomic E-state index is -2.98. The molecule has 1 amide bonds. The van der Waals surface area contributed by atoms with Crippen LogP contribution >= 0.6 is 22.9 Å². The van der Waals surface area contributed by atoms with Crippen LogP contribution in [-0.2, 0) is 9.53 Å². The molecular formula is C18H16ClF2NO5S. The van der Waals surface area contributed by atoms with Crippen LogP contribution in [0.2, 0.25) is 0 Å². The number of ether oxygens (including phenoxy) is 2. The first-order chi connectivity index (χ1) is 13.2. The van der Waals surface area contributed by atoms with Crippen LogP contribution in [0, 0.1) is 0 Å². The molecule has 1 N–H and O–H groups in total. The number of thiophene rings is 1. The molecule has 0 aromatic carbocycles. The maximum Gasteiger partial charge on any atom is 0.388 e. The van der Waals surface area contributed by atoms with Crippen molar-refractivity contribution in [2.45, 2.75) is 32.4 Å². The van der Waals surface area contributed by atoms with Crippen molar-refractivity contribution in [2.75, 3.05) is 7.11 Å². The number of fused-ring (bicyclic) bond motifs is 1. The van der Waals surface area contributed by atoms with Crippen molar-refractivity contribution in [1.82, 2.24) is 4.90 Å². The van der Waals surface area contributed by atoms with Crippen LogP contribution in [0.1, 0.15) is 29.4 Å². The van der Waals surface area contributed by atoms with E-state index in [9.17, 15) is 23.5 Å². The fourth-order valence-electron chi connectivity index (χ4n) is 3.39. The van der Waals surface area contributed by atoms with E-state index in [0.29, 0.717) is 29.0 Å². The highest BCUT2D eigenvalue weighted by Crippen LogP contribution is 2.45. The molecule has 28 heavy (non-hydrogen) atoms. The number of carbonyl (C=O) groups excluding carboxylic acids is 1. The number of allylic oxidation sites excluding steroid dienone is 2. The van der Waals surface area contributed by atoms with Crippen LogP contribution in [0.15, 0.2) is 45.8 Å². The lowest BCUT2D eigenvalue weighted by molar-refractivity contribution is -0.136. The molecule has 150 valence electrons. The number of alkyl halides is 2. The first-order valence-electron chi connectivity index (χ1n) is 8.18. The third kappa shape index (κ3) is 3.64. The number of hydrogen-bond acceptors (Lipinski definition) is 5. The summed E-state index contributed by atoms with van der Waals surface area (Å²) in [6.45, 7) is -1.34. The van der Waals surface area contributed by atoms with Crippen molar-refractivity contribution in [3.8, 4) is 5.06 Å². The van der Waals surface area contributed by atoms with Gasteiger partial charge in [-0.1, -0.05) is 22.9 Å². The van der Waals surface area contributed by atoms with E-state index in [4.69, 9.17) is 16.3 Å². The maximum atomic E-state index is 13.1. The normalized spacial score (nSPS) is 19.1. The van der Waals surface area contributed by atoms with E-state index >= 15 is 0 Å². The van der Waals surface area contributed by atoms with E-state index in [2.05, 4.69) is 4.74 Å². The Kier molecular flexibility index (Phi) is 5.76. The highest BCUT2D eigenvalue weighted by atomic mass is 35.5. The smallest absolute Gasteiger partial charge is 0.388 e. The molecule has 2 aliphatic rings. The van der Waals surface area contributed by atoms with E-state index < -0.39 is 24.5 Å². The van der Waals surface area contributed by atoms with Crippen molar-refractivity contribution >= 4 is 34.8 Å². The number of carboxylic acids is 1. The summed E-state index contributed by atoms with van der Waals surface area (Å²) in [5.41, 5.74) is 1.44. The molecule has 1 unspecified atom stereocenters. The van der Waals surface area contributed by atoms with Crippen LogP contribution in [-0.4, -0.2) is 41.6 Å². The Hall–Kier alpha value is -2.39. The summed E-state index contributed by atoms with van der Waals surface area (Å²) in [5, 5.41) is 9.47. The van der Waals surface area contributed by atoms with E-state index in [1.807, 2.05) is 0 Å². The van der Waals surface area contributed by atoms with Gasteiger partial charge in [0.15, 0.2) is 5.06 Å². The third-order valence-electron chi connectivity index (χ3n) is 4.51. The Morgan fingerprint density at radius 3 is 2.75 bits per heavy atom. The molecule has 3 rings (SSSR count). The largest absolute Gasteiger partial charge is 0.496 e. The lowest BCUT2D eigenvalue weighted by atomic mass is 9.92. The minimum Gasteiger partial charge on any atom is -0.496 e. The van der Waals surface area contributed by atoms with Gasteiger partial charge >= 0.3 is 12.6 Å². The molecular weight excluding hydrogens is 416 g/mol. The van der Waals surface area contributed by atoms with Crippen LogP contribution in [0.25, 0.3) is 0 Å². The fourth-order valence-corrected chi connectivity index (χ4v) is 4.58. The second kappa shape index (κ2) is 7.92. The number of nitrogens with zero attached hydrogens (tertiary/aromatic N) is 1. The molecule has 0 fully saturated rings. The van der Waals surface area contributed by atoms with Crippen molar-refractivity contribution in [3.05, 3.63) is 50.7 Å². The van der Waals surface area contributed by atoms with Gasteiger partial charge in [0, 0.05) is 11.3 Å². The zero-order valence-electron chi connectivity index (χ0n) is 14.9. The lowest BCUT2D eigenvalue weighted by Gasteiger charge is -2.29. The Morgan fingerprint density at radius 2 is 2.14 bits per heavy atom. The summed E-state index contributed by atoms with van der Waals surface area (Å²) >= 11 is 7.22. The Labute approximate surface area is 168 Å². The van der Waals surface area contributed by atoms with E-state index in [1.165, 1.54) is 24.1 Å². The predicted molar refractivity (Wildman–Crippen MR) is 98.4 cm³/mol. The van der Waals surface area contributed by atoms with Gasteiger partial charge in [-0.05, 0) is 37.1 Å². The average molecular weight is 432 g/mol. The number of halogens is 3.